The fourth-order valence-corrected chi connectivity index (χ4v) is 4.44. The maximum Gasteiger partial charge on any atom is 0.266 e. The van der Waals surface area contributed by atoms with Crippen molar-refractivity contribution in [2.75, 3.05) is 0 Å². The summed E-state index contributed by atoms with van der Waals surface area (Å²) in [5.74, 6) is 0.0802. The van der Waals surface area contributed by atoms with Crippen molar-refractivity contribution in [1.29, 1.82) is 0 Å². The molecular weight excluding hydrogens is 332 g/mol. The fourth-order valence-electron chi connectivity index (χ4n) is 1.82. The molecule has 2 aromatic heterocycles. The molecule has 0 amide bonds. The highest BCUT2D eigenvalue weighted by molar-refractivity contribution is 7.89. The van der Waals surface area contributed by atoms with Crippen LogP contribution < -0.4 is 10.3 Å². The highest BCUT2D eigenvalue weighted by Gasteiger charge is 2.25. The largest absolute Gasteiger partial charge is 0.326 e. The highest BCUT2D eigenvalue weighted by Crippen LogP contribution is 2.27. The molecule has 5 nitrogen and oxygen atoms in total. The Labute approximate surface area is 132 Å². The van der Waals surface area contributed by atoms with Crippen molar-refractivity contribution < 1.29 is 8.42 Å². The third kappa shape index (κ3) is 3.74. The van der Waals surface area contributed by atoms with E-state index < -0.39 is 15.6 Å². The third-order valence-electron chi connectivity index (χ3n) is 2.94. The maximum atomic E-state index is 12.4. The molecule has 0 fully saturated rings. The van der Waals surface area contributed by atoms with Gasteiger partial charge in [-0.05, 0) is 23.4 Å². The van der Waals surface area contributed by atoms with Gasteiger partial charge in [-0.1, -0.05) is 31.5 Å². The second kappa shape index (κ2) is 6.31. The van der Waals surface area contributed by atoms with Crippen LogP contribution >= 0.6 is 22.9 Å². The average molecular weight is 347 g/mol. The number of hydrogen-bond acceptors (Lipinski definition) is 4. The van der Waals surface area contributed by atoms with Crippen LogP contribution in [0.1, 0.15) is 24.8 Å². The molecule has 8 heteroatoms. The van der Waals surface area contributed by atoms with Gasteiger partial charge < -0.3 is 4.98 Å². The van der Waals surface area contributed by atoms with Crippen molar-refractivity contribution in [3.05, 3.63) is 50.0 Å². The first-order chi connectivity index (χ1) is 9.81. The number of rotatable bonds is 5. The molecule has 0 spiro atoms. The number of halogens is 1. The van der Waals surface area contributed by atoms with Gasteiger partial charge in [-0.25, -0.2) is 13.1 Å². The summed E-state index contributed by atoms with van der Waals surface area (Å²) < 4.78 is 27.5. The van der Waals surface area contributed by atoms with Gasteiger partial charge in [0, 0.05) is 11.1 Å². The quantitative estimate of drug-likeness (QED) is 0.873. The third-order valence-corrected chi connectivity index (χ3v) is 5.60. The molecule has 0 saturated heterocycles. The number of aromatic nitrogens is 1. The molecule has 1 unspecified atom stereocenters. The summed E-state index contributed by atoms with van der Waals surface area (Å²) in [4.78, 5) is 14.4. The first-order valence-corrected chi connectivity index (χ1v) is 8.99. The maximum absolute atomic E-state index is 12.4. The Morgan fingerprint density at radius 3 is 2.62 bits per heavy atom. The minimum Gasteiger partial charge on any atom is -0.326 e. The molecule has 2 N–H and O–H groups in total. The monoisotopic (exact) mass is 346 g/mol. The number of pyridine rings is 1. The van der Waals surface area contributed by atoms with Gasteiger partial charge >= 0.3 is 0 Å². The molecule has 0 aromatic carbocycles. The summed E-state index contributed by atoms with van der Waals surface area (Å²) in [5, 5.41) is 1.74. The lowest BCUT2D eigenvalue weighted by atomic mass is 10.0. The van der Waals surface area contributed by atoms with Crippen LogP contribution in [0.2, 0.25) is 5.02 Å². The van der Waals surface area contributed by atoms with Gasteiger partial charge in [0.2, 0.25) is 10.0 Å². The Morgan fingerprint density at radius 2 is 2.10 bits per heavy atom. The smallest absolute Gasteiger partial charge is 0.266 e. The van der Waals surface area contributed by atoms with Crippen LogP contribution in [-0.4, -0.2) is 13.4 Å². The minimum atomic E-state index is -3.77. The van der Waals surface area contributed by atoms with E-state index in [4.69, 9.17) is 11.6 Å². The van der Waals surface area contributed by atoms with Crippen molar-refractivity contribution in [2.24, 2.45) is 5.92 Å². The van der Waals surface area contributed by atoms with Crippen molar-refractivity contribution in [2.45, 2.75) is 24.8 Å². The molecule has 2 aromatic rings. The number of thiophene rings is 1. The van der Waals surface area contributed by atoms with Gasteiger partial charge in [0.1, 0.15) is 5.02 Å². The van der Waals surface area contributed by atoms with Gasteiger partial charge in [-0.3, -0.25) is 4.79 Å². The number of hydrogen-bond donors (Lipinski definition) is 2. The normalized spacial score (nSPS) is 13.5. The van der Waals surface area contributed by atoms with E-state index in [0.717, 1.165) is 17.1 Å². The summed E-state index contributed by atoms with van der Waals surface area (Å²) >= 11 is 7.17. The minimum absolute atomic E-state index is 0.0608. The number of aromatic amines is 1. The van der Waals surface area contributed by atoms with Crippen molar-refractivity contribution >= 4 is 33.0 Å². The first kappa shape index (κ1) is 16.2. The lowest BCUT2D eigenvalue weighted by molar-refractivity contribution is 0.469. The summed E-state index contributed by atoms with van der Waals surface area (Å²) in [6.45, 7) is 3.87. The SMILES string of the molecule is CC(C)C(NS(=O)(=O)c1c[nH]c(=O)c(Cl)c1)c1cccs1. The van der Waals surface area contributed by atoms with Crippen LogP contribution in [0.25, 0.3) is 0 Å². The van der Waals surface area contributed by atoms with Crippen LogP contribution in [-0.2, 0) is 10.0 Å². The predicted molar refractivity (Wildman–Crippen MR) is 84.3 cm³/mol. The van der Waals surface area contributed by atoms with Gasteiger partial charge in [-0.2, -0.15) is 0 Å². The van der Waals surface area contributed by atoms with Crippen molar-refractivity contribution in [3.8, 4) is 0 Å². The van der Waals surface area contributed by atoms with E-state index in [2.05, 4.69) is 9.71 Å². The Morgan fingerprint density at radius 1 is 1.38 bits per heavy atom. The molecule has 2 heterocycles. The number of sulfonamides is 1. The fraction of sp³-hybridized carbons (Fsp3) is 0.308. The van der Waals surface area contributed by atoms with Crippen LogP contribution in [0.4, 0.5) is 0 Å². The second-order valence-corrected chi connectivity index (χ2v) is 7.97. The molecule has 114 valence electrons. The number of nitrogens with one attached hydrogen (secondary N) is 2. The van der Waals surface area contributed by atoms with Crippen LogP contribution in [0.15, 0.2) is 39.5 Å². The Kier molecular flexibility index (Phi) is 4.88. The van der Waals surface area contributed by atoms with Gasteiger partial charge in [0.05, 0.1) is 10.9 Å². The molecule has 0 aliphatic carbocycles. The average Bonchev–Trinajstić information content (AvgIpc) is 2.92. The molecule has 0 radical (unpaired) electrons. The Hall–Kier alpha value is -1.15. The molecule has 0 aliphatic heterocycles. The molecule has 0 aliphatic rings. The van der Waals surface area contributed by atoms with Gasteiger partial charge in [-0.15, -0.1) is 11.3 Å². The molecule has 21 heavy (non-hydrogen) atoms. The van der Waals surface area contributed by atoms with E-state index in [1.165, 1.54) is 11.3 Å². The van der Waals surface area contributed by atoms with Gasteiger partial charge in [0.15, 0.2) is 0 Å². The Balaban J connectivity index is 2.35. The van der Waals surface area contributed by atoms with Crippen LogP contribution in [0.5, 0.6) is 0 Å². The van der Waals surface area contributed by atoms with Gasteiger partial charge in [0.25, 0.3) is 5.56 Å². The first-order valence-electron chi connectivity index (χ1n) is 6.25. The topological polar surface area (TPSA) is 79.0 Å². The molecule has 0 bridgehead atoms. The molecular formula is C13H15ClN2O3S2. The zero-order valence-electron chi connectivity index (χ0n) is 11.5. The number of H-pyrrole nitrogens is 1. The molecule has 0 saturated carbocycles. The van der Waals surface area contributed by atoms with Crippen molar-refractivity contribution in [3.63, 3.8) is 0 Å². The zero-order valence-corrected chi connectivity index (χ0v) is 13.8. The summed E-state index contributed by atoms with van der Waals surface area (Å²) in [6.07, 6.45) is 1.14. The van der Waals surface area contributed by atoms with Crippen LogP contribution in [0.3, 0.4) is 0 Å². The zero-order chi connectivity index (χ0) is 15.6. The summed E-state index contributed by atoms with van der Waals surface area (Å²) in [6, 6.07) is 4.58. The van der Waals surface area contributed by atoms with E-state index in [1.807, 2.05) is 31.4 Å². The predicted octanol–water partition coefficient (Wildman–Crippen LogP) is 2.77. The lowest BCUT2D eigenvalue weighted by Gasteiger charge is -2.21. The summed E-state index contributed by atoms with van der Waals surface area (Å²) in [7, 11) is -3.77. The Bertz CT molecular complexity index is 767. The lowest BCUT2D eigenvalue weighted by Crippen LogP contribution is -2.31. The molecule has 2 rings (SSSR count). The van der Waals surface area contributed by atoms with E-state index in [-0.39, 0.29) is 21.9 Å². The molecule has 1 atom stereocenters. The van der Waals surface area contributed by atoms with E-state index in [1.54, 1.807) is 0 Å². The standard InChI is InChI=1S/C13H15ClN2O3S2/c1-8(2)12(11-4-3-5-20-11)16-21(18,19)9-6-10(14)13(17)15-7-9/h3-8,12,16H,1-2H3,(H,15,17). The van der Waals surface area contributed by atoms with E-state index in [9.17, 15) is 13.2 Å². The second-order valence-electron chi connectivity index (χ2n) is 4.87. The van der Waals surface area contributed by atoms with E-state index in [0.29, 0.717) is 0 Å². The van der Waals surface area contributed by atoms with Crippen LogP contribution in [0, 0.1) is 5.92 Å². The van der Waals surface area contributed by atoms with E-state index >= 15 is 0 Å². The van der Waals surface area contributed by atoms with Crippen molar-refractivity contribution in [1.82, 2.24) is 9.71 Å². The highest BCUT2D eigenvalue weighted by atomic mass is 35.5. The summed E-state index contributed by atoms with van der Waals surface area (Å²) in [5.41, 5.74) is -0.519.